The summed E-state index contributed by atoms with van der Waals surface area (Å²) >= 11 is 0. The molecule has 0 rings (SSSR count). The number of nitrogens with zero attached hydrogens (tertiary/aromatic N) is 1. The number of aliphatic imine (C=N–C) groups is 1. The maximum atomic E-state index is 5.27. The topological polar surface area (TPSA) is 33.6 Å². The smallest absolute Gasteiger partial charge is 0.130 e. The summed E-state index contributed by atoms with van der Waals surface area (Å²) in [7, 11) is 1.91. The average Bonchev–Trinajstić information content (AvgIpc) is 2.09. The third-order valence-corrected chi connectivity index (χ3v) is 1.29. The Kier molecular flexibility index (Phi) is 6.92. The van der Waals surface area contributed by atoms with Crippen LogP contribution in [0.5, 0.6) is 0 Å². The van der Waals surface area contributed by atoms with Gasteiger partial charge in [0.05, 0.1) is 12.8 Å². The van der Waals surface area contributed by atoms with Crippen molar-refractivity contribution in [3.63, 3.8) is 0 Å². The number of nitrogens with one attached hydrogen (secondary N) is 1. The number of hydrogen-bond acceptors (Lipinski definition) is 3. The molecule has 0 atom stereocenters. The van der Waals surface area contributed by atoms with Crippen molar-refractivity contribution >= 4 is 6.21 Å². The Labute approximate surface area is 80.2 Å². The molecule has 0 aliphatic carbocycles. The minimum absolute atomic E-state index is 0.583. The minimum Gasteiger partial charge on any atom is -0.493 e. The lowest BCUT2D eigenvalue weighted by Gasteiger charge is -2.04. The van der Waals surface area contributed by atoms with Crippen molar-refractivity contribution in [1.29, 1.82) is 0 Å². The van der Waals surface area contributed by atoms with Crippen LogP contribution >= 0.6 is 0 Å². The van der Waals surface area contributed by atoms with Gasteiger partial charge in [0.2, 0.25) is 0 Å². The minimum atomic E-state index is 0.583. The molecule has 0 unspecified atom stereocenters. The Morgan fingerprint density at radius 1 is 1.54 bits per heavy atom. The molecule has 74 valence electrons. The zero-order chi connectivity index (χ0) is 10.1. The Bertz CT molecular complexity index is 197. The van der Waals surface area contributed by atoms with E-state index in [1.807, 2.05) is 14.0 Å². The van der Waals surface area contributed by atoms with Crippen LogP contribution in [0.15, 0.2) is 29.6 Å². The van der Waals surface area contributed by atoms with E-state index in [-0.39, 0.29) is 0 Å². The second-order valence-electron chi connectivity index (χ2n) is 2.77. The summed E-state index contributed by atoms with van der Waals surface area (Å²) in [4.78, 5) is 3.96. The highest BCUT2D eigenvalue weighted by atomic mass is 16.5. The van der Waals surface area contributed by atoms with Crippen molar-refractivity contribution < 1.29 is 4.74 Å². The first kappa shape index (κ1) is 11.9. The van der Waals surface area contributed by atoms with Gasteiger partial charge >= 0.3 is 0 Å². The summed E-state index contributed by atoms with van der Waals surface area (Å²) < 4.78 is 5.27. The van der Waals surface area contributed by atoms with E-state index < -0.39 is 0 Å². The van der Waals surface area contributed by atoms with Gasteiger partial charge in [-0.2, -0.15) is 0 Å². The van der Waals surface area contributed by atoms with Crippen LogP contribution in [0, 0.1) is 0 Å². The summed E-state index contributed by atoms with van der Waals surface area (Å²) in [6, 6.07) is 0. The van der Waals surface area contributed by atoms with Crippen LogP contribution in [-0.2, 0) is 4.74 Å². The van der Waals surface area contributed by atoms with Crippen LogP contribution in [0.3, 0.4) is 0 Å². The summed E-state index contributed by atoms with van der Waals surface area (Å²) in [5.74, 6) is 0.583. The van der Waals surface area contributed by atoms with Crippen molar-refractivity contribution in [1.82, 2.24) is 5.32 Å². The quantitative estimate of drug-likeness (QED) is 0.369. The molecule has 0 aromatic rings. The number of ether oxygens (including phenoxy) is 1. The van der Waals surface area contributed by atoms with E-state index in [2.05, 4.69) is 23.5 Å². The highest BCUT2D eigenvalue weighted by Crippen LogP contribution is 1.94. The third kappa shape index (κ3) is 8.82. The van der Waals surface area contributed by atoms with Gasteiger partial charge in [0.15, 0.2) is 0 Å². The van der Waals surface area contributed by atoms with Crippen molar-refractivity contribution in [2.75, 3.05) is 20.2 Å². The first-order valence-electron chi connectivity index (χ1n) is 4.32. The highest BCUT2D eigenvalue weighted by Gasteiger charge is 1.89. The summed E-state index contributed by atoms with van der Waals surface area (Å²) in [6.07, 6.45) is 2.55. The zero-order valence-corrected chi connectivity index (χ0v) is 8.47. The molecule has 0 aromatic carbocycles. The predicted molar refractivity (Wildman–Crippen MR) is 56.9 cm³/mol. The standard InChI is InChI=1S/C10H18N2O/c1-9(2)12-8-10(3)13-7-5-6-11-4/h8,11H,1,3,5-7H2,2,4H3. The van der Waals surface area contributed by atoms with Crippen LogP contribution in [-0.4, -0.2) is 26.4 Å². The molecule has 0 amide bonds. The number of rotatable bonds is 7. The van der Waals surface area contributed by atoms with Gasteiger partial charge in [0, 0.05) is 5.70 Å². The Morgan fingerprint density at radius 2 is 2.23 bits per heavy atom. The second kappa shape index (κ2) is 7.55. The molecule has 0 fully saturated rings. The Morgan fingerprint density at radius 3 is 2.77 bits per heavy atom. The van der Waals surface area contributed by atoms with Crippen LogP contribution in [0.4, 0.5) is 0 Å². The molecule has 0 radical (unpaired) electrons. The lowest BCUT2D eigenvalue weighted by atomic mass is 10.4. The maximum Gasteiger partial charge on any atom is 0.130 e. The zero-order valence-electron chi connectivity index (χ0n) is 8.47. The molecule has 3 heteroatoms. The average molecular weight is 182 g/mol. The van der Waals surface area contributed by atoms with Gasteiger partial charge in [-0.3, -0.25) is 4.99 Å². The van der Waals surface area contributed by atoms with Gasteiger partial charge in [0.25, 0.3) is 0 Å². The third-order valence-electron chi connectivity index (χ3n) is 1.29. The van der Waals surface area contributed by atoms with E-state index in [9.17, 15) is 0 Å². The SMILES string of the molecule is C=C(C)N=CC(=C)OCCCNC. The lowest BCUT2D eigenvalue weighted by molar-refractivity contribution is 0.229. The fraction of sp³-hybridized carbons (Fsp3) is 0.500. The first-order valence-corrected chi connectivity index (χ1v) is 4.32. The molecule has 3 nitrogen and oxygen atoms in total. The van der Waals surface area contributed by atoms with Gasteiger partial charge in [-0.1, -0.05) is 13.2 Å². The van der Waals surface area contributed by atoms with Gasteiger partial charge in [0.1, 0.15) is 5.76 Å². The van der Waals surface area contributed by atoms with E-state index >= 15 is 0 Å². The largest absolute Gasteiger partial charge is 0.493 e. The summed E-state index contributed by atoms with van der Waals surface area (Å²) in [5.41, 5.74) is 0.750. The molecule has 0 saturated heterocycles. The van der Waals surface area contributed by atoms with E-state index in [0.29, 0.717) is 12.4 Å². The van der Waals surface area contributed by atoms with Crippen LogP contribution in [0.25, 0.3) is 0 Å². The molecule has 0 heterocycles. The van der Waals surface area contributed by atoms with Crippen LogP contribution < -0.4 is 5.32 Å². The lowest BCUT2D eigenvalue weighted by Crippen LogP contribution is -2.10. The Balaban J connectivity index is 3.46. The van der Waals surface area contributed by atoms with Crippen molar-refractivity contribution in [2.24, 2.45) is 4.99 Å². The monoisotopic (exact) mass is 182 g/mol. The molecule has 0 bridgehead atoms. The van der Waals surface area contributed by atoms with Gasteiger partial charge in [-0.05, 0) is 26.9 Å². The number of allylic oxidation sites excluding steroid dienone is 2. The van der Waals surface area contributed by atoms with Gasteiger partial charge in [-0.15, -0.1) is 0 Å². The first-order chi connectivity index (χ1) is 6.16. The molecule has 0 aliphatic rings. The molecule has 0 saturated carbocycles. The van der Waals surface area contributed by atoms with Gasteiger partial charge < -0.3 is 10.1 Å². The molecular weight excluding hydrogens is 164 g/mol. The number of hydrogen-bond donors (Lipinski definition) is 1. The second-order valence-corrected chi connectivity index (χ2v) is 2.77. The van der Waals surface area contributed by atoms with Crippen molar-refractivity contribution in [3.8, 4) is 0 Å². The van der Waals surface area contributed by atoms with Crippen molar-refractivity contribution in [3.05, 3.63) is 24.6 Å². The molecule has 13 heavy (non-hydrogen) atoms. The molecule has 0 spiro atoms. The predicted octanol–water partition coefficient (Wildman–Crippen LogP) is 1.73. The molecule has 0 aliphatic heterocycles. The fourth-order valence-corrected chi connectivity index (χ4v) is 0.672. The normalized spacial score (nSPS) is 10.3. The molecule has 0 aromatic heterocycles. The Hall–Kier alpha value is -1.09. The summed E-state index contributed by atoms with van der Waals surface area (Å²) in [5, 5.41) is 3.03. The van der Waals surface area contributed by atoms with E-state index in [1.165, 1.54) is 0 Å². The van der Waals surface area contributed by atoms with E-state index in [1.54, 1.807) is 6.21 Å². The fourth-order valence-electron chi connectivity index (χ4n) is 0.672. The molecular formula is C10H18N2O. The van der Waals surface area contributed by atoms with Crippen LogP contribution in [0.2, 0.25) is 0 Å². The maximum absolute atomic E-state index is 5.27. The van der Waals surface area contributed by atoms with E-state index in [0.717, 1.165) is 18.7 Å². The van der Waals surface area contributed by atoms with Crippen LogP contribution in [0.1, 0.15) is 13.3 Å². The van der Waals surface area contributed by atoms with Crippen molar-refractivity contribution in [2.45, 2.75) is 13.3 Å². The molecule has 1 N–H and O–H groups in total. The summed E-state index contributed by atoms with van der Waals surface area (Å²) in [6.45, 7) is 10.8. The van der Waals surface area contributed by atoms with E-state index in [4.69, 9.17) is 4.74 Å². The highest BCUT2D eigenvalue weighted by molar-refractivity contribution is 5.75. The van der Waals surface area contributed by atoms with Gasteiger partial charge in [-0.25, -0.2) is 0 Å².